The van der Waals surface area contributed by atoms with Crippen LogP contribution in [0.4, 0.5) is 20.2 Å². The number of carbonyl (C=O) groups excluding carboxylic acids is 2. The molecule has 0 saturated heterocycles. The van der Waals surface area contributed by atoms with E-state index in [1.807, 2.05) is 6.92 Å². The zero-order valence-electron chi connectivity index (χ0n) is 15.4. The van der Waals surface area contributed by atoms with Crippen molar-refractivity contribution in [2.75, 3.05) is 10.6 Å². The number of para-hydroxylation sites is 1. The average Bonchev–Trinajstić information content (AvgIpc) is 2.68. The van der Waals surface area contributed by atoms with Crippen molar-refractivity contribution in [2.24, 2.45) is 0 Å². The minimum atomic E-state index is -0.881. The number of halogens is 2. The fourth-order valence-electron chi connectivity index (χ4n) is 2.64. The van der Waals surface area contributed by atoms with E-state index in [2.05, 4.69) is 10.6 Å². The van der Waals surface area contributed by atoms with Gasteiger partial charge < -0.3 is 15.2 Å². The van der Waals surface area contributed by atoms with Crippen molar-refractivity contribution in [3.63, 3.8) is 0 Å². The van der Waals surface area contributed by atoms with Crippen molar-refractivity contribution in [1.29, 1.82) is 0 Å². The topological polar surface area (TPSA) is 80.2 Å². The third kappa shape index (κ3) is 4.92. The van der Waals surface area contributed by atoms with Crippen LogP contribution in [-0.4, -0.2) is 16.4 Å². The minimum Gasteiger partial charge on any atom is -0.325 e. The number of hydrogen-bond acceptors (Lipinski definition) is 3. The molecule has 2 N–H and O–H groups in total. The van der Waals surface area contributed by atoms with Gasteiger partial charge >= 0.3 is 0 Å². The number of aromatic nitrogens is 1. The van der Waals surface area contributed by atoms with Crippen molar-refractivity contribution in [3.8, 4) is 0 Å². The molecule has 0 aliphatic heterocycles. The summed E-state index contributed by atoms with van der Waals surface area (Å²) >= 11 is 0. The van der Waals surface area contributed by atoms with E-state index in [-0.39, 0.29) is 17.7 Å². The molecule has 148 valence electrons. The predicted molar refractivity (Wildman–Crippen MR) is 105 cm³/mol. The highest BCUT2D eigenvalue weighted by Crippen LogP contribution is 2.19. The van der Waals surface area contributed by atoms with Gasteiger partial charge in [0, 0.05) is 23.5 Å². The summed E-state index contributed by atoms with van der Waals surface area (Å²) in [6, 6.07) is 12.1. The largest absolute Gasteiger partial charge is 0.325 e. The lowest BCUT2D eigenvalue weighted by atomic mass is 10.2. The van der Waals surface area contributed by atoms with E-state index in [1.54, 1.807) is 12.3 Å². The van der Waals surface area contributed by atoms with Crippen LogP contribution in [0.2, 0.25) is 0 Å². The molecule has 3 rings (SSSR count). The van der Waals surface area contributed by atoms with E-state index >= 15 is 0 Å². The lowest BCUT2D eigenvalue weighted by Crippen LogP contribution is -2.26. The Labute approximate surface area is 164 Å². The average molecular weight is 397 g/mol. The van der Waals surface area contributed by atoms with Gasteiger partial charge in [0.05, 0.1) is 0 Å². The third-order valence-corrected chi connectivity index (χ3v) is 4.08. The van der Waals surface area contributed by atoms with Crippen LogP contribution in [0.15, 0.2) is 65.6 Å². The van der Waals surface area contributed by atoms with Crippen LogP contribution in [0.5, 0.6) is 0 Å². The van der Waals surface area contributed by atoms with E-state index in [0.717, 1.165) is 17.7 Å². The Bertz CT molecular complexity index is 1100. The molecule has 2 aromatic carbocycles. The number of aryl methyl sites for hydroxylation is 1. The number of nitrogens with one attached hydrogen (secondary N) is 2. The highest BCUT2D eigenvalue weighted by atomic mass is 19.1. The van der Waals surface area contributed by atoms with Gasteiger partial charge in [-0.3, -0.25) is 14.4 Å². The molecule has 0 saturated carbocycles. The quantitative estimate of drug-likeness (QED) is 0.693. The first-order valence-electron chi connectivity index (χ1n) is 8.66. The highest BCUT2D eigenvalue weighted by Gasteiger charge is 2.13. The molecule has 29 heavy (non-hydrogen) atoms. The lowest BCUT2D eigenvalue weighted by molar-refractivity contribution is -0.116. The molecular formula is C21H17F2N3O3. The second-order valence-corrected chi connectivity index (χ2v) is 6.35. The molecule has 0 aliphatic carbocycles. The maximum Gasteiger partial charge on any atom is 0.255 e. The van der Waals surface area contributed by atoms with Gasteiger partial charge in [-0.05, 0) is 48.9 Å². The molecule has 0 bridgehead atoms. The number of anilines is 2. The standard InChI is InChI=1S/C21H17F2N3O3/c1-13-5-10-19(28)26(11-13)12-18(27)24-15-8-6-14(7-9-15)21(29)25-20-16(22)3-2-4-17(20)23/h2-11H,12H2,1H3,(H,24,27)(H,25,29). The van der Waals surface area contributed by atoms with Gasteiger partial charge in [0.25, 0.3) is 11.5 Å². The molecule has 0 aliphatic rings. The molecule has 2 amide bonds. The Morgan fingerprint density at radius 3 is 2.24 bits per heavy atom. The SMILES string of the molecule is Cc1ccc(=O)n(CC(=O)Nc2ccc(C(=O)Nc3c(F)cccc3F)cc2)c1. The number of amides is 2. The van der Waals surface area contributed by atoms with Crippen LogP contribution >= 0.6 is 0 Å². The molecule has 0 unspecified atom stereocenters. The molecule has 8 heteroatoms. The summed E-state index contributed by atoms with van der Waals surface area (Å²) in [5.41, 5.74) is 0.584. The minimum absolute atomic E-state index is 0.153. The number of hydrogen-bond donors (Lipinski definition) is 2. The smallest absolute Gasteiger partial charge is 0.255 e. The normalized spacial score (nSPS) is 10.4. The Kier molecular flexibility index (Phi) is 5.82. The van der Waals surface area contributed by atoms with Gasteiger partial charge in [-0.2, -0.15) is 0 Å². The molecule has 3 aromatic rings. The molecule has 6 nitrogen and oxygen atoms in total. The molecule has 0 fully saturated rings. The van der Waals surface area contributed by atoms with E-state index in [0.29, 0.717) is 5.69 Å². The molecule has 1 aromatic heterocycles. The van der Waals surface area contributed by atoms with Gasteiger partial charge in [-0.15, -0.1) is 0 Å². The first-order chi connectivity index (χ1) is 13.8. The second kappa shape index (κ2) is 8.47. The van der Waals surface area contributed by atoms with Crippen molar-refractivity contribution in [1.82, 2.24) is 4.57 Å². The molecule has 0 spiro atoms. The predicted octanol–water partition coefficient (Wildman–Crippen LogP) is 3.33. The van der Waals surface area contributed by atoms with Crippen LogP contribution in [0.25, 0.3) is 0 Å². The molecule has 1 heterocycles. The first-order valence-corrected chi connectivity index (χ1v) is 8.66. The summed E-state index contributed by atoms with van der Waals surface area (Å²) in [6.07, 6.45) is 1.58. The molecule has 0 radical (unpaired) electrons. The van der Waals surface area contributed by atoms with Crippen LogP contribution in [0.3, 0.4) is 0 Å². The summed E-state index contributed by atoms with van der Waals surface area (Å²) in [7, 11) is 0. The highest BCUT2D eigenvalue weighted by molar-refractivity contribution is 6.04. The van der Waals surface area contributed by atoms with Crippen LogP contribution < -0.4 is 16.2 Å². The van der Waals surface area contributed by atoms with Crippen LogP contribution in [0.1, 0.15) is 15.9 Å². The van der Waals surface area contributed by atoms with Crippen LogP contribution in [-0.2, 0) is 11.3 Å². The fourth-order valence-corrected chi connectivity index (χ4v) is 2.64. The summed E-state index contributed by atoms with van der Waals surface area (Å²) < 4.78 is 28.6. The monoisotopic (exact) mass is 397 g/mol. The number of carbonyl (C=O) groups is 2. The van der Waals surface area contributed by atoms with E-state index in [9.17, 15) is 23.2 Å². The maximum absolute atomic E-state index is 13.6. The maximum atomic E-state index is 13.6. The Morgan fingerprint density at radius 1 is 0.931 bits per heavy atom. The molecular weight excluding hydrogens is 380 g/mol. The van der Waals surface area contributed by atoms with E-state index < -0.39 is 29.1 Å². The summed E-state index contributed by atoms with van der Waals surface area (Å²) in [4.78, 5) is 36.1. The number of benzene rings is 2. The van der Waals surface area contributed by atoms with Crippen molar-refractivity contribution in [3.05, 3.63) is 93.9 Å². The zero-order valence-corrected chi connectivity index (χ0v) is 15.4. The first kappa shape index (κ1) is 19.9. The summed E-state index contributed by atoms with van der Waals surface area (Å²) in [6.45, 7) is 1.65. The van der Waals surface area contributed by atoms with Crippen LogP contribution in [0, 0.1) is 18.6 Å². The van der Waals surface area contributed by atoms with Crippen molar-refractivity contribution >= 4 is 23.2 Å². The van der Waals surface area contributed by atoms with E-state index in [1.165, 1.54) is 41.0 Å². The third-order valence-electron chi connectivity index (χ3n) is 4.08. The van der Waals surface area contributed by atoms with Gasteiger partial charge in [-0.25, -0.2) is 8.78 Å². The Balaban J connectivity index is 1.65. The Morgan fingerprint density at radius 2 is 1.59 bits per heavy atom. The van der Waals surface area contributed by atoms with Gasteiger partial charge in [0.15, 0.2) is 0 Å². The van der Waals surface area contributed by atoms with Gasteiger partial charge in [0.1, 0.15) is 23.9 Å². The fraction of sp³-hybridized carbons (Fsp3) is 0.0952. The summed E-state index contributed by atoms with van der Waals surface area (Å²) in [5.74, 6) is -2.87. The van der Waals surface area contributed by atoms with E-state index in [4.69, 9.17) is 0 Å². The van der Waals surface area contributed by atoms with Gasteiger partial charge in [-0.1, -0.05) is 12.1 Å². The van der Waals surface area contributed by atoms with Gasteiger partial charge in [0.2, 0.25) is 5.91 Å². The van der Waals surface area contributed by atoms with Crippen molar-refractivity contribution in [2.45, 2.75) is 13.5 Å². The summed E-state index contributed by atoms with van der Waals surface area (Å²) in [5, 5.41) is 4.81. The van der Waals surface area contributed by atoms with Crippen molar-refractivity contribution < 1.29 is 18.4 Å². The number of rotatable bonds is 5. The second-order valence-electron chi connectivity index (χ2n) is 6.35. The lowest BCUT2D eigenvalue weighted by Gasteiger charge is -2.10. The zero-order chi connectivity index (χ0) is 21.0. The molecule has 0 atom stereocenters. The number of pyridine rings is 1. The number of nitrogens with zero attached hydrogens (tertiary/aromatic N) is 1. The Hall–Kier alpha value is -3.81.